The summed E-state index contributed by atoms with van der Waals surface area (Å²) in [4.78, 5) is 6.46. The number of aliphatic hydroxyl groups excluding tert-OH is 2. The van der Waals surface area contributed by atoms with Crippen LogP contribution in [0.25, 0.3) is 0 Å². The van der Waals surface area contributed by atoms with Crippen LogP contribution in [0.1, 0.15) is 38.9 Å². The Morgan fingerprint density at radius 1 is 1.35 bits per heavy atom. The van der Waals surface area contributed by atoms with Gasteiger partial charge >= 0.3 is 0 Å². The minimum absolute atomic E-state index is 0.180. The van der Waals surface area contributed by atoms with E-state index in [1.54, 1.807) is 13.1 Å². The molecule has 0 spiro atoms. The molecular formula is C13H22N2O2. The van der Waals surface area contributed by atoms with Crippen LogP contribution >= 0.6 is 0 Å². The second kappa shape index (κ2) is 6.57. The van der Waals surface area contributed by atoms with E-state index >= 15 is 0 Å². The predicted molar refractivity (Wildman–Crippen MR) is 69.1 cm³/mol. The summed E-state index contributed by atoms with van der Waals surface area (Å²) in [6.45, 7) is 6.87. The van der Waals surface area contributed by atoms with Crippen LogP contribution in [-0.4, -0.2) is 34.4 Å². The van der Waals surface area contributed by atoms with Crippen molar-refractivity contribution in [1.82, 2.24) is 4.98 Å². The maximum atomic E-state index is 9.56. The topological polar surface area (TPSA) is 56.6 Å². The minimum atomic E-state index is -0.483. The summed E-state index contributed by atoms with van der Waals surface area (Å²) in [5.74, 6) is 0.854. The Kier molecular flexibility index (Phi) is 5.38. The quantitative estimate of drug-likeness (QED) is 0.792. The molecule has 1 rings (SSSR count). The third kappa shape index (κ3) is 3.98. The summed E-state index contributed by atoms with van der Waals surface area (Å²) in [6.07, 6.45) is 1.95. The van der Waals surface area contributed by atoms with E-state index in [-0.39, 0.29) is 6.61 Å². The summed E-state index contributed by atoms with van der Waals surface area (Å²) in [6, 6.07) is 4.04. The molecule has 0 amide bonds. The highest BCUT2D eigenvalue weighted by Crippen LogP contribution is 2.19. The highest BCUT2D eigenvalue weighted by molar-refractivity contribution is 5.42. The lowest BCUT2D eigenvalue weighted by Crippen LogP contribution is -2.33. The van der Waals surface area contributed by atoms with E-state index in [2.05, 4.69) is 23.7 Å². The van der Waals surface area contributed by atoms with Crippen molar-refractivity contribution in [2.45, 2.75) is 39.3 Å². The fourth-order valence-electron chi connectivity index (χ4n) is 1.73. The highest BCUT2D eigenvalue weighted by atomic mass is 16.3. The molecule has 1 aromatic heterocycles. The van der Waals surface area contributed by atoms with Gasteiger partial charge in [-0.05, 0) is 44.9 Å². The Bertz CT molecular complexity index is 340. The van der Waals surface area contributed by atoms with Crippen molar-refractivity contribution >= 4 is 5.82 Å². The summed E-state index contributed by atoms with van der Waals surface area (Å²) < 4.78 is 0. The van der Waals surface area contributed by atoms with E-state index in [4.69, 9.17) is 5.11 Å². The molecule has 0 aliphatic carbocycles. The fraction of sp³-hybridized carbons (Fsp3) is 0.615. The molecule has 17 heavy (non-hydrogen) atoms. The fourth-order valence-corrected chi connectivity index (χ4v) is 1.73. The lowest BCUT2D eigenvalue weighted by atomic mass is 10.1. The molecule has 0 radical (unpaired) electrons. The maximum Gasteiger partial charge on any atom is 0.129 e. The molecule has 2 N–H and O–H groups in total. The van der Waals surface area contributed by atoms with Gasteiger partial charge in [0.25, 0.3) is 0 Å². The molecular weight excluding hydrogens is 216 g/mol. The second-order valence-corrected chi connectivity index (χ2v) is 4.49. The van der Waals surface area contributed by atoms with Crippen molar-refractivity contribution in [2.24, 2.45) is 0 Å². The number of hydrogen-bond donors (Lipinski definition) is 2. The summed E-state index contributed by atoms with van der Waals surface area (Å²) in [7, 11) is 0. The zero-order valence-electron chi connectivity index (χ0n) is 10.8. The van der Waals surface area contributed by atoms with Crippen LogP contribution < -0.4 is 4.90 Å². The van der Waals surface area contributed by atoms with Gasteiger partial charge in [-0.3, -0.25) is 0 Å². The first-order valence-corrected chi connectivity index (χ1v) is 6.07. The molecule has 1 aromatic rings. The molecule has 0 aliphatic heterocycles. The second-order valence-electron chi connectivity index (χ2n) is 4.49. The number of anilines is 1. The lowest BCUT2D eigenvalue weighted by molar-refractivity contribution is 0.199. The van der Waals surface area contributed by atoms with Crippen molar-refractivity contribution in [1.29, 1.82) is 0 Å². The van der Waals surface area contributed by atoms with E-state index in [1.165, 1.54) is 0 Å². The molecule has 1 atom stereocenters. The first-order chi connectivity index (χ1) is 8.06. The number of rotatable bonds is 6. The Labute approximate surface area is 103 Å². The highest BCUT2D eigenvalue weighted by Gasteiger charge is 2.12. The van der Waals surface area contributed by atoms with Crippen LogP contribution in [0.4, 0.5) is 5.82 Å². The van der Waals surface area contributed by atoms with Gasteiger partial charge in [0, 0.05) is 25.4 Å². The monoisotopic (exact) mass is 238 g/mol. The van der Waals surface area contributed by atoms with E-state index in [1.807, 2.05) is 12.1 Å². The molecule has 0 saturated carbocycles. The third-order valence-electron chi connectivity index (χ3n) is 2.73. The van der Waals surface area contributed by atoms with E-state index in [0.29, 0.717) is 6.04 Å². The van der Waals surface area contributed by atoms with Crippen molar-refractivity contribution in [3.8, 4) is 0 Å². The van der Waals surface area contributed by atoms with Gasteiger partial charge in [0.05, 0.1) is 6.10 Å². The predicted octanol–water partition coefficient (Wildman–Crippen LogP) is 1.73. The number of pyridine rings is 1. The van der Waals surface area contributed by atoms with Gasteiger partial charge in [-0.15, -0.1) is 0 Å². The van der Waals surface area contributed by atoms with Crippen molar-refractivity contribution in [3.63, 3.8) is 0 Å². The zero-order valence-corrected chi connectivity index (χ0v) is 10.8. The van der Waals surface area contributed by atoms with Gasteiger partial charge < -0.3 is 15.1 Å². The molecule has 0 aliphatic rings. The summed E-state index contributed by atoms with van der Waals surface area (Å²) >= 11 is 0. The molecule has 4 nitrogen and oxygen atoms in total. The Balaban J connectivity index is 2.89. The van der Waals surface area contributed by atoms with Gasteiger partial charge in [-0.25, -0.2) is 4.98 Å². The third-order valence-corrected chi connectivity index (χ3v) is 2.73. The molecule has 1 unspecified atom stereocenters. The summed E-state index contributed by atoms with van der Waals surface area (Å²) in [5, 5.41) is 18.5. The Hall–Kier alpha value is -1.13. The zero-order chi connectivity index (χ0) is 12.8. The van der Waals surface area contributed by atoms with Gasteiger partial charge in [-0.2, -0.15) is 0 Å². The minimum Gasteiger partial charge on any atom is -0.396 e. The van der Waals surface area contributed by atoms with Crippen LogP contribution in [0.15, 0.2) is 18.3 Å². The summed E-state index contributed by atoms with van der Waals surface area (Å²) in [5.41, 5.74) is 0.865. The molecule has 0 saturated heterocycles. The van der Waals surface area contributed by atoms with E-state index in [0.717, 1.165) is 24.3 Å². The van der Waals surface area contributed by atoms with Gasteiger partial charge in [-0.1, -0.05) is 0 Å². The number of aromatic nitrogens is 1. The standard InChI is InChI=1S/C13H22N2O2/c1-10(2)15(7-4-8-16)13-9-12(11(3)17)5-6-14-13/h5-6,9-11,16-17H,4,7-8H2,1-3H3. The van der Waals surface area contributed by atoms with Gasteiger partial charge in [0.15, 0.2) is 0 Å². The van der Waals surface area contributed by atoms with Crippen LogP contribution in [0.5, 0.6) is 0 Å². The Morgan fingerprint density at radius 2 is 2.06 bits per heavy atom. The molecule has 0 bridgehead atoms. The largest absolute Gasteiger partial charge is 0.396 e. The smallest absolute Gasteiger partial charge is 0.129 e. The SMILES string of the molecule is CC(O)c1ccnc(N(CCCO)C(C)C)c1. The first-order valence-electron chi connectivity index (χ1n) is 6.07. The molecule has 4 heteroatoms. The van der Waals surface area contributed by atoms with Crippen molar-refractivity contribution in [3.05, 3.63) is 23.9 Å². The van der Waals surface area contributed by atoms with Crippen molar-refractivity contribution in [2.75, 3.05) is 18.1 Å². The normalized spacial score (nSPS) is 12.8. The van der Waals surface area contributed by atoms with Crippen LogP contribution in [0, 0.1) is 0 Å². The van der Waals surface area contributed by atoms with E-state index in [9.17, 15) is 5.11 Å². The molecule has 0 aromatic carbocycles. The van der Waals surface area contributed by atoms with Crippen LogP contribution in [-0.2, 0) is 0 Å². The maximum absolute atomic E-state index is 9.56. The van der Waals surface area contributed by atoms with Crippen LogP contribution in [0.2, 0.25) is 0 Å². The number of aliphatic hydroxyl groups is 2. The first kappa shape index (κ1) is 13.9. The molecule has 0 fully saturated rings. The average molecular weight is 238 g/mol. The lowest BCUT2D eigenvalue weighted by Gasteiger charge is -2.28. The van der Waals surface area contributed by atoms with Gasteiger partial charge in [0.1, 0.15) is 5.82 Å². The number of hydrogen-bond acceptors (Lipinski definition) is 4. The van der Waals surface area contributed by atoms with Crippen LogP contribution in [0.3, 0.4) is 0 Å². The number of nitrogens with zero attached hydrogens (tertiary/aromatic N) is 2. The average Bonchev–Trinajstić information content (AvgIpc) is 2.29. The molecule has 1 heterocycles. The molecule has 96 valence electrons. The van der Waals surface area contributed by atoms with E-state index < -0.39 is 6.10 Å². The van der Waals surface area contributed by atoms with Crippen molar-refractivity contribution < 1.29 is 10.2 Å². The van der Waals surface area contributed by atoms with Gasteiger partial charge in [0.2, 0.25) is 0 Å². The Morgan fingerprint density at radius 3 is 2.59 bits per heavy atom.